The van der Waals surface area contributed by atoms with Gasteiger partial charge in [-0.3, -0.25) is 0 Å². The van der Waals surface area contributed by atoms with Crippen LogP contribution in [0, 0.1) is 12.8 Å². The monoisotopic (exact) mass is 209 g/mol. The Morgan fingerprint density at radius 2 is 2.20 bits per heavy atom. The molecule has 1 heterocycles. The fraction of sp³-hybridized carbons (Fsp3) is 0.750. The maximum absolute atomic E-state index is 4.24. The molecule has 1 aromatic rings. The summed E-state index contributed by atoms with van der Waals surface area (Å²) in [4.78, 5) is 4.24. The largest absolute Gasteiger partial charge is 0.334 e. The minimum atomic E-state index is 0.540. The number of rotatable bonds is 6. The van der Waals surface area contributed by atoms with Crippen LogP contribution in [0.3, 0.4) is 0 Å². The molecule has 0 aliphatic heterocycles. The van der Waals surface area contributed by atoms with Gasteiger partial charge in [0, 0.05) is 25.0 Å². The zero-order valence-electron chi connectivity index (χ0n) is 10.3. The van der Waals surface area contributed by atoms with Crippen LogP contribution >= 0.6 is 0 Å². The summed E-state index contributed by atoms with van der Waals surface area (Å²) in [6.45, 7) is 10.9. The second-order valence-electron chi connectivity index (χ2n) is 4.43. The van der Waals surface area contributed by atoms with Gasteiger partial charge in [0.25, 0.3) is 0 Å². The molecular weight excluding hydrogens is 186 g/mol. The highest BCUT2D eigenvalue weighted by molar-refractivity contribution is 4.90. The summed E-state index contributed by atoms with van der Waals surface area (Å²) in [5, 5.41) is 3.59. The van der Waals surface area contributed by atoms with Crippen molar-refractivity contribution in [1.29, 1.82) is 0 Å². The summed E-state index contributed by atoms with van der Waals surface area (Å²) in [6.07, 6.45) is 5.11. The van der Waals surface area contributed by atoms with Gasteiger partial charge in [0.1, 0.15) is 5.82 Å². The van der Waals surface area contributed by atoms with Crippen molar-refractivity contribution in [2.45, 2.75) is 46.7 Å². The van der Waals surface area contributed by atoms with Gasteiger partial charge in [-0.2, -0.15) is 0 Å². The van der Waals surface area contributed by atoms with Crippen LogP contribution in [0.4, 0.5) is 0 Å². The van der Waals surface area contributed by atoms with E-state index in [-0.39, 0.29) is 0 Å². The lowest BCUT2D eigenvalue weighted by Crippen LogP contribution is -2.38. The van der Waals surface area contributed by atoms with E-state index < -0.39 is 0 Å². The molecule has 0 amide bonds. The van der Waals surface area contributed by atoms with E-state index in [9.17, 15) is 0 Å². The van der Waals surface area contributed by atoms with Crippen molar-refractivity contribution in [3.63, 3.8) is 0 Å². The highest BCUT2D eigenvalue weighted by Gasteiger charge is 2.13. The molecule has 0 saturated heterocycles. The van der Waals surface area contributed by atoms with Crippen LogP contribution in [0.25, 0.3) is 0 Å². The zero-order valence-corrected chi connectivity index (χ0v) is 10.3. The third-order valence-corrected chi connectivity index (χ3v) is 2.78. The molecule has 0 fully saturated rings. The van der Waals surface area contributed by atoms with E-state index in [0.717, 1.165) is 18.9 Å². The number of nitrogens with one attached hydrogen (secondary N) is 1. The molecule has 15 heavy (non-hydrogen) atoms. The Kier molecular flexibility index (Phi) is 4.82. The fourth-order valence-electron chi connectivity index (χ4n) is 1.65. The predicted octanol–water partition coefficient (Wildman–Crippen LogP) is 2.22. The molecule has 0 aliphatic rings. The smallest absolute Gasteiger partial charge is 0.105 e. The average Bonchev–Trinajstić information content (AvgIpc) is 2.58. The molecule has 1 aromatic heterocycles. The van der Waals surface area contributed by atoms with Crippen molar-refractivity contribution in [3.05, 3.63) is 18.2 Å². The van der Waals surface area contributed by atoms with Crippen molar-refractivity contribution >= 4 is 0 Å². The molecule has 1 unspecified atom stereocenters. The Hall–Kier alpha value is -0.830. The van der Waals surface area contributed by atoms with Gasteiger partial charge in [-0.25, -0.2) is 4.98 Å². The van der Waals surface area contributed by atoms with E-state index >= 15 is 0 Å². The van der Waals surface area contributed by atoms with E-state index in [0.29, 0.717) is 12.0 Å². The molecule has 86 valence electrons. The second-order valence-corrected chi connectivity index (χ2v) is 4.43. The molecule has 0 bridgehead atoms. The normalized spacial score (nSPS) is 13.4. The van der Waals surface area contributed by atoms with E-state index in [4.69, 9.17) is 0 Å². The van der Waals surface area contributed by atoms with Gasteiger partial charge in [-0.15, -0.1) is 0 Å². The predicted molar refractivity (Wildman–Crippen MR) is 63.9 cm³/mol. The molecule has 1 rings (SSSR count). The lowest BCUT2D eigenvalue weighted by Gasteiger charge is -2.23. The van der Waals surface area contributed by atoms with Crippen molar-refractivity contribution in [1.82, 2.24) is 14.9 Å². The number of hydrogen-bond donors (Lipinski definition) is 1. The summed E-state index contributed by atoms with van der Waals surface area (Å²) in [7, 11) is 0. The van der Waals surface area contributed by atoms with Crippen LogP contribution in [0.5, 0.6) is 0 Å². The van der Waals surface area contributed by atoms with E-state index in [1.165, 1.54) is 6.42 Å². The molecule has 0 radical (unpaired) electrons. The number of imidazole rings is 1. The number of aromatic nitrogens is 2. The van der Waals surface area contributed by atoms with Crippen LogP contribution in [-0.2, 0) is 6.54 Å². The maximum atomic E-state index is 4.24. The van der Waals surface area contributed by atoms with Gasteiger partial charge >= 0.3 is 0 Å². The van der Waals surface area contributed by atoms with Crippen LogP contribution in [-0.4, -0.2) is 22.1 Å². The van der Waals surface area contributed by atoms with Gasteiger partial charge in [0.05, 0.1) is 0 Å². The van der Waals surface area contributed by atoms with E-state index in [1.54, 1.807) is 0 Å². The van der Waals surface area contributed by atoms with Crippen molar-refractivity contribution < 1.29 is 0 Å². The highest BCUT2D eigenvalue weighted by atomic mass is 15.1. The van der Waals surface area contributed by atoms with Crippen LogP contribution in [0.2, 0.25) is 0 Å². The molecule has 3 nitrogen and oxygen atoms in total. The molecule has 0 aromatic carbocycles. The van der Waals surface area contributed by atoms with Gasteiger partial charge in [0.2, 0.25) is 0 Å². The Labute approximate surface area is 92.9 Å². The van der Waals surface area contributed by atoms with Gasteiger partial charge in [-0.05, 0) is 25.8 Å². The van der Waals surface area contributed by atoms with Crippen LogP contribution in [0.1, 0.15) is 33.0 Å². The Morgan fingerprint density at radius 3 is 2.67 bits per heavy atom. The molecule has 0 spiro atoms. The summed E-state index contributed by atoms with van der Waals surface area (Å²) in [5.74, 6) is 1.75. The quantitative estimate of drug-likeness (QED) is 0.778. The SMILES string of the molecule is CCCNC(Cn1ccnc1C)C(C)C. The Balaban J connectivity index is 2.54. The highest BCUT2D eigenvalue weighted by Crippen LogP contribution is 2.06. The average molecular weight is 209 g/mol. The zero-order chi connectivity index (χ0) is 11.3. The first kappa shape index (κ1) is 12.2. The lowest BCUT2D eigenvalue weighted by molar-refractivity contribution is 0.353. The molecular formula is C12H23N3. The van der Waals surface area contributed by atoms with Gasteiger partial charge in [-0.1, -0.05) is 20.8 Å². The van der Waals surface area contributed by atoms with Crippen LogP contribution in [0.15, 0.2) is 12.4 Å². The Morgan fingerprint density at radius 1 is 1.47 bits per heavy atom. The molecule has 0 saturated carbocycles. The minimum Gasteiger partial charge on any atom is -0.334 e. The first-order valence-corrected chi connectivity index (χ1v) is 5.86. The molecule has 1 N–H and O–H groups in total. The van der Waals surface area contributed by atoms with Crippen LogP contribution < -0.4 is 5.32 Å². The number of hydrogen-bond acceptors (Lipinski definition) is 2. The van der Waals surface area contributed by atoms with E-state index in [2.05, 4.69) is 48.8 Å². The minimum absolute atomic E-state index is 0.540. The summed E-state index contributed by atoms with van der Waals surface area (Å²) in [5.41, 5.74) is 0. The third-order valence-electron chi connectivity index (χ3n) is 2.78. The summed E-state index contributed by atoms with van der Waals surface area (Å²) < 4.78 is 2.22. The van der Waals surface area contributed by atoms with Gasteiger partial charge < -0.3 is 9.88 Å². The molecule has 3 heteroatoms. The number of nitrogens with zero attached hydrogens (tertiary/aromatic N) is 2. The molecule has 1 atom stereocenters. The number of aryl methyl sites for hydroxylation is 1. The van der Waals surface area contributed by atoms with Gasteiger partial charge in [0.15, 0.2) is 0 Å². The third kappa shape index (κ3) is 3.67. The van der Waals surface area contributed by atoms with Crippen molar-refractivity contribution in [2.75, 3.05) is 6.54 Å². The first-order valence-electron chi connectivity index (χ1n) is 5.86. The topological polar surface area (TPSA) is 29.9 Å². The summed E-state index contributed by atoms with van der Waals surface area (Å²) in [6, 6.07) is 0.540. The van der Waals surface area contributed by atoms with E-state index in [1.807, 2.05) is 6.20 Å². The maximum Gasteiger partial charge on any atom is 0.105 e. The lowest BCUT2D eigenvalue weighted by atomic mass is 10.0. The standard InChI is InChI=1S/C12H23N3/c1-5-6-14-12(10(2)3)9-15-8-7-13-11(15)4/h7-8,10,12,14H,5-6,9H2,1-4H3. The Bertz CT molecular complexity index is 278. The molecule has 0 aliphatic carbocycles. The fourth-order valence-corrected chi connectivity index (χ4v) is 1.65. The second kappa shape index (κ2) is 5.91. The first-order chi connectivity index (χ1) is 7.15. The van der Waals surface area contributed by atoms with Crippen molar-refractivity contribution in [2.24, 2.45) is 5.92 Å². The van der Waals surface area contributed by atoms with Crippen molar-refractivity contribution in [3.8, 4) is 0 Å². The summed E-state index contributed by atoms with van der Waals surface area (Å²) >= 11 is 0.